The molecule has 1 aliphatic carbocycles. The minimum atomic E-state index is -4.60. The summed E-state index contributed by atoms with van der Waals surface area (Å²) in [5.74, 6) is 0.0968. The number of hydrogen-bond acceptors (Lipinski definition) is 5. The van der Waals surface area contributed by atoms with Gasteiger partial charge in [0.2, 0.25) is 0 Å². The predicted molar refractivity (Wildman–Crippen MR) is 114 cm³/mol. The van der Waals surface area contributed by atoms with Gasteiger partial charge in [-0.3, -0.25) is 4.98 Å². The first kappa shape index (κ1) is 21.0. The van der Waals surface area contributed by atoms with Crippen LogP contribution in [-0.4, -0.2) is 31.3 Å². The van der Waals surface area contributed by atoms with Crippen LogP contribution in [0, 0.1) is 12.7 Å². The summed E-state index contributed by atoms with van der Waals surface area (Å²) in [6.45, 7) is 4.23. The highest BCUT2D eigenvalue weighted by molar-refractivity contribution is 5.91. The molecule has 0 aliphatic heterocycles. The van der Waals surface area contributed by atoms with Gasteiger partial charge >= 0.3 is 6.18 Å². The number of alkyl halides is 3. The highest BCUT2D eigenvalue weighted by atomic mass is 19.4. The Morgan fingerprint density at radius 2 is 1.82 bits per heavy atom. The first-order valence-corrected chi connectivity index (χ1v) is 10.3. The van der Waals surface area contributed by atoms with Gasteiger partial charge in [0, 0.05) is 60.1 Å². The van der Waals surface area contributed by atoms with Crippen LogP contribution < -0.4 is 5.32 Å². The standard InChI is InChI=1S/C23H18F4N6/c1-3-28-18-7-14(24)6-16-15(18)8-19-21(16)22(33-5-4-20(32-33)23(25,26)27)17(11-31-19)13-9-29-12(2)30-10-13/h4-7,9-11,28H,3,8H2,1-2H3. The van der Waals surface area contributed by atoms with Gasteiger partial charge in [-0.15, -0.1) is 0 Å². The van der Waals surface area contributed by atoms with Gasteiger partial charge in [-0.25, -0.2) is 19.0 Å². The molecule has 0 saturated heterocycles. The van der Waals surface area contributed by atoms with Crippen molar-refractivity contribution in [3.63, 3.8) is 0 Å². The number of fused-ring (bicyclic) bond motifs is 3. The number of nitrogens with one attached hydrogen (secondary N) is 1. The fourth-order valence-electron chi connectivity index (χ4n) is 4.10. The molecule has 0 fully saturated rings. The summed E-state index contributed by atoms with van der Waals surface area (Å²) >= 11 is 0. The summed E-state index contributed by atoms with van der Waals surface area (Å²) in [7, 11) is 0. The molecule has 4 aromatic rings. The number of rotatable bonds is 4. The summed E-state index contributed by atoms with van der Waals surface area (Å²) in [6.07, 6.45) is 1.80. The quantitative estimate of drug-likeness (QED) is 0.379. The van der Waals surface area contributed by atoms with E-state index in [2.05, 4.69) is 25.4 Å². The van der Waals surface area contributed by atoms with Crippen LogP contribution in [0.5, 0.6) is 0 Å². The smallest absolute Gasteiger partial charge is 0.385 e. The molecule has 1 N–H and O–H groups in total. The molecule has 0 bridgehead atoms. The van der Waals surface area contributed by atoms with Crippen molar-refractivity contribution >= 4 is 5.69 Å². The Kier molecular flexibility index (Phi) is 4.88. The van der Waals surface area contributed by atoms with Gasteiger partial charge in [0.1, 0.15) is 11.6 Å². The third kappa shape index (κ3) is 3.61. The van der Waals surface area contributed by atoms with E-state index in [4.69, 9.17) is 0 Å². The zero-order valence-electron chi connectivity index (χ0n) is 17.7. The van der Waals surface area contributed by atoms with Crippen LogP contribution in [-0.2, 0) is 12.6 Å². The van der Waals surface area contributed by atoms with Crippen molar-refractivity contribution < 1.29 is 17.6 Å². The molecule has 0 atom stereocenters. The van der Waals surface area contributed by atoms with E-state index in [1.54, 1.807) is 25.5 Å². The molecule has 3 aromatic heterocycles. The van der Waals surface area contributed by atoms with Crippen molar-refractivity contribution in [2.45, 2.75) is 26.4 Å². The Hall–Kier alpha value is -3.82. The van der Waals surface area contributed by atoms with E-state index in [9.17, 15) is 17.6 Å². The molecule has 5 rings (SSSR count). The Morgan fingerprint density at radius 1 is 1.06 bits per heavy atom. The lowest BCUT2D eigenvalue weighted by molar-refractivity contribution is -0.141. The molecule has 10 heteroatoms. The minimum Gasteiger partial charge on any atom is -0.385 e. The molecular weight excluding hydrogens is 436 g/mol. The molecule has 0 amide bonds. The third-order valence-electron chi connectivity index (χ3n) is 5.53. The second kappa shape index (κ2) is 7.65. The van der Waals surface area contributed by atoms with Gasteiger partial charge in [-0.2, -0.15) is 18.3 Å². The molecule has 0 spiro atoms. The summed E-state index contributed by atoms with van der Waals surface area (Å²) in [5.41, 5.74) is 3.61. The lowest BCUT2D eigenvalue weighted by Crippen LogP contribution is -2.09. The van der Waals surface area contributed by atoms with Crippen LogP contribution in [0.1, 0.15) is 29.7 Å². The number of aromatic nitrogens is 5. The Labute approximate surface area is 186 Å². The van der Waals surface area contributed by atoms with Crippen molar-refractivity contribution in [1.82, 2.24) is 24.7 Å². The average molecular weight is 454 g/mol. The largest absolute Gasteiger partial charge is 0.435 e. The number of anilines is 1. The molecule has 6 nitrogen and oxygen atoms in total. The maximum absolute atomic E-state index is 14.6. The van der Waals surface area contributed by atoms with Crippen molar-refractivity contribution in [2.24, 2.45) is 0 Å². The topological polar surface area (TPSA) is 68.5 Å². The zero-order valence-corrected chi connectivity index (χ0v) is 17.7. The number of aryl methyl sites for hydroxylation is 1. The van der Waals surface area contributed by atoms with E-state index in [1.165, 1.54) is 23.0 Å². The number of pyridine rings is 1. The third-order valence-corrected chi connectivity index (χ3v) is 5.53. The van der Waals surface area contributed by atoms with E-state index in [-0.39, 0.29) is 0 Å². The van der Waals surface area contributed by atoms with Crippen molar-refractivity contribution in [3.05, 3.63) is 71.6 Å². The number of nitrogens with zero attached hydrogens (tertiary/aromatic N) is 5. The maximum atomic E-state index is 14.6. The molecule has 1 aliphatic rings. The van der Waals surface area contributed by atoms with E-state index >= 15 is 0 Å². The van der Waals surface area contributed by atoms with Gasteiger partial charge in [-0.1, -0.05) is 0 Å². The van der Waals surface area contributed by atoms with E-state index in [0.29, 0.717) is 58.1 Å². The Morgan fingerprint density at radius 3 is 2.48 bits per heavy atom. The molecule has 0 radical (unpaired) electrons. The number of halogens is 4. The van der Waals surface area contributed by atoms with Gasteiger partial charge < -0.3 is 5.32 Å². The van der Waals surface area contributed by atoms with Crippen LogP contribution in [0.2, 0.25) is 0 Å². The van der Waals surface area contributed by atoms with Gasteiger partial charge in [0.05, 0.1) is 11.4 Å². The summed E-state index contributed by atoms with van der Waals surface area (Å²) < 4.78 is 55.7. The summed E-state index contributed by atoms with van der Waals surface area (Å²) in [6, 6.07) is 3.71. The summed E-state index contributed by atoms with van der Waals surface area (Å²) in [4.78, 5) is 13.0. The number of hydrogen-bond donors (Lipinski definition) is 1. The second-order valence-corrected chi connectivity index (χ2v) is 7.69. The molecule has 1 aromatic carbocycles. The fourth-order valence-corrected chi connectivity index (χ4v) is 4.10. The summed E-state index contributed by atoms with van der Waals surface area (Å²) in [5, 5.41) is 6.96. The first-order valence-electron chi connectivity index (χ1n) is 10.3. The molecule has 168 valence electrons. The highest BCUT2D eigenvalue weighted by Crippen LogP contribution is 2.46. The normalized spacial score (nSPS) is 12.5. The zero-order chi connectivity index (χ0) is 23.3. The molecular formula is C23H18F4N6. The molecule has 33 heavy (non-hydrogen) atoms. The van der Waals surface area contributed by atoms with Crippen molar-refractivity contribution in [2.75, 3.05) is 11.9 Å². The lowest BCUT2D eigenvalue weighted by Gasteiger charge is -2.16. The Balaban J connectivity index is 1.81. The van der Waals surface area contributed by atoms with E-state index in [1.807, 2.05) is 6.92 Å². The maximum Gasteiger partial charge on any atom is 0.435 e. The highest BCUT2D eigenvalue weighted by Gasteiger charge is 2.35. The first-order chi connectivity index (χ1) is 15.8. The molecule has 3 heterocycles. The van der Waals surface area contributed by atoms with Gasteiger partial charge in [0.15, 0.2) is 5.69 Å². The van der Waals surface area contributed by atoms with Gasteiger partial charge in [0.25, 0.3) is 0 Å². The fraction of sp³-hybridized carbons (Fsp3) is 0.217. The van der Waals surface area contributed by atoms with Gasteiger partial charge in [-0.05, 0) is 43.2 Å². The monoisotopic (exact) mass is 454 g/mol. The van der Waals surface area contributed by atoms with Crippen LogP contribution in [0.25, 0.3) is 27.9 Å². The predicted octanol–water partition coefficient (Wildman–Crippen LogP) is 5.19. The molecule has 0 unspecified atom stereocenters. The lowest BCUT2D eigenvalue weighted by atomic mass is 9.99. The van der Waals surface area contributed by atoms with Crippen molar-refractivity contribution in [3.8, 4) is 27.9 Å². The molecule has 0 saturated carbocycles. The van der Waals surface area contributed by atoms with E-state index in [0.717, 1.165) is 11.6 Å². The SMILES string of the molecule is CCNc1cc(F)cc2c1Cc1ncc(-c3cnc(C)nc3)c(-n3ccc(C(F)(F)F)n3)c1-2. The second-order valence-electron chi connectivity index (χ2n) is 7.69. The van der Waals surface area contributed by atoms with Crippen molar-refractivity contribution in [1.29, 1.82) is 0 Å². The number of benzene rings is 1. The average Bonchev–Trinajstić information content (AvgIpc) is 3.39. The Bertz CT molecular complexity index is 1360. The van der Waals surface area contributed by atoms with Crippen LogP contribution in [0.3, 0.4) is 0 Å². The minimum absolute atomic E-state index is 0.370. The van der Waals surface area contributed by atoms with Crippen LogP contribution in [0.15, 0.2) is 43.0 Å². The van der Waals surface area contributed by atoms with Crippen LogP contribution >= 0.6 is 0 Å². The van der Waals surface area contributed by atoms with Crippen LogP contribution in [0.4, 0.5) is 23.2 Å². The van der Waals surface area contributed by atoms with E-state index < -0.39 is 17.7 Å².